The molecule has 0 aliphatic heterocycles. The van der Waals surface area contributed by atoms with Crippen LogP contribution in [0.15, 0.2) is 19.7 Å². The Labute approximate surface area is 183 Å². The summed E-state index contributed by atoms with van der Waals surface area (Å²) >= 11 is 1.29. The fraction of sp³-hybridized carbons (Fsp3) is 0.789. The monoisotopic (exact) mass is 483 g/mol. The molecule has 0 aliphatic rings. The number of aliphatic hydroxyl groups is 1. The molecule has 164 valence electrons. The average Bonchev–Trinajstić information content (AvgIpc) is 2.93. The molecule has 1 rings (SSSR count). The predicted octanol–water partition coefficient (Wildman–Crippen LogP) is 6.96. The highest BCUT2D eigenvalue weighted by Crippen LogP contribution is 2.41. The first kappa shape index (κ1) is 26.3. The van der Waals surface area contributed by atoms with Gasteiger partial charge in [-0.25, -0.2) is 4.21 Å². The highest BCUT2D eigenvalue weighted by atomic mass is 35.7. The maximum Gasteiger partial charge on any atom is 0.194 e. The number of thiophene rings is 1. The van der Waals surface area contributed by atoms with E-state index in [1.165, 1.54) is 11.3 Å². The Morgan fingerprint density at radius 3 is 2.04 bits per heavy atom. The SMILES string of the molecule is CC(C)(C)[Si](C)(C)N=S(=O)(Cl)c1cc([C@](C)(O)CO[Si](C)(C)C(C)(C)C)cs1. The van der Waals surface area contributed by atoms with E-state index in [0.29, 0.717) is 9.77 Å². The summed E-state index contributed by atoms with van der Waals surface area (Å²) in [7, 11) is -0.758. The molecule has 1 aromatic rings. The zero-order valence-electron chi connectivity index (χ0n) is 19.3. The number of halogens is 1. The second-order valence-corrected chi connectivity index (χ2v) is 24.8. The molecule has 0 spiro atoms. The lowest BCUT2D eigenvalue weighted by molar-refractivity contribution is 0.00286. The van der Waals surface area contributed by atoms with Crippen molar-refractivity contribution in [3.05, 3.63) is 17.0 Å². The fourth-order valence-electron chi connectivity index (χ4n) is 1.83. The van der Waals surface area contributed by atoms with Crippen molar-refractivity contribution in [1.82, 2.24) is 0 Å². The average molecular weight is 484 g/mol. The van der Waals surface area contributed by atoms with Crippen LogP contribution in [0.25, 0.3) is 0 Å². The Bertz CT molecular complexity index is 812. The summed E-state index contributed by atoms with van der Waals surface area (Å²) < 4.78 is 24.5. The van der Waals surface area contributed by atoms with E-state index in [2.05, 4.69) is 71.8 Å². The third-order valence-corrected chi connectivity index (χ3v) is 20.8. The summed E-state index contributed by atoms with van der Waals surface area (Å²) in [5.74, 6) is 0. The minimum Gasteiger partial charge on any atom is -0.414 e. The van der Waals surface area contributed by atoms with Crippen LogP contribution < -0.4 is 0 Å². The highest BCUT2D eigenvalue weighted by Gasteiger charge is 2.40. The largest absolute Gasteiger partial charge is 0.414 e. The van der Waals surface area contributed by atoms with Gasteiger partial charge in [0, 0.05) is 10.7 Å². The summed E-state index contributed by atoms with van der Waals surface area (Å²) in [4.78, 5) is 0. The van der Waals surface area contributed by atoms with Gasteiger partial charge >= 0.3 is 0 Å². The van der Waals surface area contributed by atoms with Crippen molar-refractivity contribution < 1.29 is 13.7 Å². The van der Waals surface area contributed by atoms with Crippen LogP contribution in [0.4, 0.5) is 0 Å². The van der Waals surface area contributed by atoms with Gasteiger partial charge in [0.1, 0.15) is 9.81 Å². The van der Waals surface area contributed by atoms with Crippen molar-refractivity contribution >= 4 is 47.5 Å². The molecule has 1 unspecified atom stereocenters. The topological polar surface area (TPSA) is 58.9 Å². The molecule has 0 saturated heterocycles. The van der Waals surface area contributed by atoms with Gasteiger partial charge in [-0.15, -0.1) is 11.3 Å². The molecule has 28 heavy (non-hydrogen) atoms. The molecule has 4 nitrogen and oxygen atoms in total. The zero-order valence-corrected chi connectivity index (χ0v) is 23.7. The lowest BCUT2D eigenvalue weighted by atomic mass is 10.0. The normalized spacial score (nSPS) is 18.5. The Balaban J connectivity index is 3.16. The fourth-order valence-corrected chi connectivity index (χ4v) is 10.7. The lowest BCUT2D eigenvalue weighted by Gasteiger charge is -2.38. The molecule has 2 atom stereocenters. The molecule has 0 fully saturated rings. The molecule has 0 saturated carbocycles. The second-order valence-electron chi connectivity index (χ2n) is 10.8. The quantitative estimate of drug-likeness (QED) is 0.351. The number of rotatable bonds is 6. The zero-order chi connectivity index (χ0) is 22.4. The molecular formula is C19H38ClNO3S2Si2. The van der Waals surface area contributed by atoms with Crippen molar-refractivity contribution in [3.8, 4) is 0 Å². The van der Waals surface area contributed by atoms with Gasteiger partial charge in [-0.05, 0) is 60.2 Å². The van der Waals surface area contributed by atoms with E-state index in [9.17, 15) is 9.32 Å². The highest BCUT2D eigenvalue weighted by molar-refractivity contribution is 8.17. The van der Waals surface area contributed by atoms with Crippen LogP contribution in [0.2, 0.25) is 36.3 Å². The second kappa shape index (κ2) is 8.09. The van der Waals surface area contributed by atoms with E-state index < -0.39 is 31.1 Å². The standard InChI is InChI=1S/C19H38ClNO3S2Si2/c1-17(2,3)27(8,9)21-26(20,23)16-12-15(13-25-16)19(7,22)14-24-28(10,11)18(4,5)6/h12-13,22H,14H2,1-11H3/t19-,26?/m1/s1. The van der Waals surface area contributed by atoms with Crippen molar-refractivity contribution in [3.63, 3.8) is 0 Å². The molecular weight excluding hydrogens is 446 g/mol. The number of nitrogens with zero attached hydrogens (tertiary/aromatic N) is 1. The van der Waals surface area contributed by atoms with Crippen LogP contribution in [-0.2, 0) is 19.0 Å². The summed E-state index contributed by atoms with van der Waals surface area (Å²) in [5.41, 5.74) is -0.502. The summed E-state index contributed by atoms with van der Waals surface area (Å²) in [6, 6.07) is 1.73. The van der Waals surface area contributed by atoms with Crippen LogP contribution in [0.3, 0.4) is 0 Å². The third kappa shape index (κ3) is 6.15. The Morgan fingerprint density at radius 2 is 1.61 bits per heavy atom. The minimum atomic E-state index is -3.02. The van der Waals surface area contributed by atoms with Gasteiger partial charge < -0.3 is 9.53 Å². The predicted molar refractivity (Wildman–Crippen MR) is 129 cm³/mol. The first-order valence-corrected chi connectivity index (χ1v) is 18.6. The first-order chi connectivity index (χ1) is 12.1. The van der Waals surface area contributed by atoms with E-state index in [1.807, 2.05) is 5.38 Å². The van der Waals surface area contributed by atoms with Gasteiger partial charge in [0.05, 0.1) is 6.61 Å². The van der Waals surface area contributed by atoms with E-state index in [4.69, 9.17) is 15.1 Å². The van der Waals surface area contributed by atoms with Gasteiger partial charge in [-0.1, -0.05) is 41.5 Å². The van der Waals surface area contributed by atoms with Crippen molar-refractivity contribution in [2.45, 2.75) is 94.5 Å². The van der Waals surface area contributed by atoms with E-state index in [1.54, 1.807) is 13.0 Å². The van der Waals surface area contributed by atoms with Crippen LogP contribution in [-0.4, -0.2) is 32.5 Å². The van der Waals surface area contributed by atoms with Crippen LogP contribution in [0.5, 0.6) is 0 Å². The van der Waals surface area contributed by atoms with Gasteiger partial charge in [-0.2, -0.15) is 0 Å². The summed E-state index contributed by atoms with van der Waals surface area (Å²) in [5, 5.41) is 12.8. The molecule has 1 heterocycles. The number of hydrogen-bond acceptors (Lipinski definition) is 5. The third-order valence-electron chi connectivity index (χ3n) is 6.15. The lowest BCUT2D eigenvalue weighted by Crippen LogP contribution is -2.44. The van der Waals surface area contributed by atoms with Crippen molar-refractivity contribution in [1.29, 1.82) is 0 Å². The summed E-state index contributed by atoms with van der Waals surface area (Å²) in [6.07, 6.45) is 0. The van der Waals surface area contributed by atoms with Gasteiger partial charge in [0.25, 0.3) is 0 Å². The maximum absolute atomic E-state index is 13.2. The van der Waals surface area contributed by atoms with E-state index in [0.717, 1.165) is 0 Å². The van der Waals surface area contributed by atoms with E-state index in [-0.39, 0.29) is 16.7 Å². The molecule has 0 aliphatic carbocycles. The maximum atomic E-state index is 13.2. The Kier molecular flexibility index (Phi) is 7.61. The van der Waals surface area contributed by atoms with Gasteiger partial charge in [0.2, 0.25) is 0 Å². The first-order valence-electron chi connectivity index (χ1n) is 9.56. The molecule has 0 aromatic carbocycles. The molecule has 9 heteroatoms. The molecule has 1 aromatic heterocycles. The Hall–Kier alpha value is 0.294. The molecule has 0 bridgehead atoms. The van der Waals surface area contributed by atoms with Crippen molar-refractivity contribution in [2.75, 3.05) is 6.61 Å². The van der Waals surface area contributed by atoms with Crippen LogP contribution >= 0.6 is 22.0 Å². The van der Waals surface area contributed by atoms with Crippen molar-refractivity contribution in [2.24, 2.45) is 4.03 Å². The minimum absolute atomic E-state index is 0.0485. The van der Waals surface area contributed by atoms with Crippen LogP contribution in [0, 0.1) is 0 Å². The van der Waals surface area contributed by atoms with Crippen LogP contribution in [0.1, 0.15) is 54.0 Å². The smallest absolute Gasteiger partial charge is 0.194 e. The summed E-state index contributed by atoms with van der Waals surface area (Å²) in [6.45, 7) is 23.2. The Morgan fingerprint density at radius 1 is 1.11 bits per heavy atom. The van der Waals surface area contributed by atoms with Gasteiger partial charge in [-0.3, -0.25) is 4.03 Å². The molecule has 0 amide bonds. The van der Waals surface area contributed by atoms with Gasteiger partial charge in [0.15, 0.2) is 25.5 Å². The van der Waals surface area contributed by atoms with E-state index >= 15 is 0 Å². The molecule has 0 radical (unpaired) electrons. The molecule has 1 N–H and O–H groups in total. The number of hydrogen-bond donors (Lipinski definition) is 1.